The molecule has 4 aromatic heterocycles. The van der Waals surface area contributed by atoms with E-state index in [1.807, 2.05) is 19.9 Å². The van der Waals surface area contributed by atoms with Gasteiger partial charge in [-0.15, -0.1) is 11.3 Å². The summed E-state index contributed by atoms with van der Waals surface area (Å²) in [5.41, 5.74) is 2.80. The van der Waals surface area contributed by atoms with E-state index in [-0.39, 0.29) is 19.0 Å². The predicted molar refractivity (Wildman–Crippen MR) is 112 cm³/mol. The van der Waals surface area contributed by atoms with E-state index in [9.17, 15) is 9.59 Å². The molecule has 0 aliphatic rings. The summed E-state index contributed by atoms with van der Waals surface area (Å²) in [4.78, 5) is 31.8. The van der Waals surface area contributed by atoms with Gasteiger partial charge in [-0.1, -0.05) is 5.16 Å². The molecule has 0 fully saturated rings. The molecule has 0 bridgehead atoms. The molecule has 0 radical (unpaired) electrons. The van der Waals surface area contributed by atoms with Crippen molar-refractivity contribution < 1.29 is 18.5 Å². The van der Waals surface area contributed by atoms with Gasteiger partial charge in [-0.2, -0.15) is 0 Å². The number of carbonyl (C=O) groups is 2. The van der Waals surface area contributed by atoms with E-state index < -0.39 is 5.91 Å². The summed E-state index contributed by atoms with van der Waals surface area (Å²) in [5, 5.41) is 9.84. The molecule has 4 rings (SSSR count). The summed E-state index contributed by atoms with van der Waals surface area (Å²) >= 11 is 1.66. The average Bonchev–Trinajstić information content (AvgIpc) is 3.45. The Labute approximate surface area is 176 Å². The minimum Gasteiger partial charge on any atom is -0.467 e. The number of nitrogens with zero attached hydrogens (tertiary/aromatic N) is 2. The zero-order chi connectivity index (χ0) is 21.3. The lowest BCUT2D eigenvalue weighted by Gasteiger charge is -2.08. The van der Waals surface area contributed by atoms with Gasteiger partial charge in [0, 0.05) is 15.3 Å². The summed E-state index contributed by atoms with van der Waals surface area (Å²) in [6.45, 7) is 5.87. The van der Waals surface area contributed by atoms with E-state index in [0.29, 0.717) is 33.8 Å². The molecule has 4 aromatic rings. The number of aryl methyl sites for hydroxylation is 3. The molecule has 2 N–H and O–H groups in total. The predicted octanol–water partition coefficient (Wildman–Crippen LogP) is 3.52. The lowest BCUT2D eigenvalue weighted by molar-refractivity contribution is -0.120. The Bertz CT molecular complexity index is 1220. The highest BCUT2D eigenvalue weighted by Gasteiger charge is 2.21. The van der Waals surface area contributed by atoms with Crippen LogP contribution in [0.25, 0.3) is 22.4 Å². The molecule has 0 atom stereocenters. The van der Waals surface area contributed by atoms with Gasteiger partial charge in [-0.3, -0.25) is 9.59 Å². The number of rotatable bonds is 6. The van der Waals surface area contributed by atoms with Crippen LogP contribution in [0.15, 0.2) is 39.5 Å². The molecule has 9 heteroatoms. The first-order chi connectivity index (χ1) is 14.4. The van der Waals surface area contributed by atoms with Crippen LogP contribution in [0.2, 0.25) is 0 Å². The Kier molecular flexibility index (Phi) is 5.37. The van der Waals surface area contributed by atoms with E-state index >= 15 is 0 Å². The monoisotopic (exact) mass is 424 g/mol. The summed E-state index contributed by atoms with van der Waals surface area (Å²) in [7, 11) is 0. The van der Waals surface area contributed by atoms with Crippen LogP contribution in [0.5, 0.6) is 0 Å². The highest BCUT2D eigenvalue weighted by molar-refractivity contribution is 7.12. The van der Waals surface area contributed by atoms with E-state index in [1.54, 1.807) is 36.5 Å². The minimum atomic E-state index is -0.396. The number of nitrogens with one attached hydrogen (secondary N) is 2. The van der Waals surface area contributed by atoms with Crippen molar-refractivity contribution >= 4 is 34.3 Å². The summed E-state index contributed by atoms with van der Waals surface area (Å²) in [5.74, 6) is -0.0824. The Morgan fingerprint density at radius 2 is 2.00 bits per heavy atom. The Morgan fingerprint density at radius 3 is 2.70 bits per heavy atom. The fourth-order valence-electron chi connectivity index (χ4n) is 3.21. The molecule has 30 heavy (non-hydrogen) atoms. The van der Waals surface area contributed by atoms with Gasteiger partial charge in [0.25, 0.3) is 11.6 Å². The molecule has 0 unspecified atom stereocenters. The smallest absolute Gasteiger partial charge is 0.259 e. The van der Waals surface area contributed by atoms with Crippen molar-refractivity contribution in [2.24, 2.45) is 0 Å². The van der Waals surface area contributed by atoms with Gasteiger partial charge in [0.1, 0.15) is 5.76 Å². The van der Waals surface area contributed by atoms with E-state index in [0.717, 1.165) is 15.3 Å². The molecular formula is C21H20N4O4S. The van der Waals surface area contributed by atoms with Gasteiger partial charge in [0.05, 0.1) is 41.7 Å². The van der Waals surface area contributed by atoms with Crippen LogP contribution in [-0.4, -0.2) is 28.5 Å². The molecule has 2 amide bonds. The van der Waals surface area contributed by atoms with Gasteiger partial charge in [-0.05, 0) is 45.0 Å². The third kappa shape index (κ3) is 3.97. The number of furan rings is 1. The largest absolute Gasteiger partial charge is 0.467 e. The summed E-state index contributed by atoms with van der Waals surface area (Å²) in [6, 6.07) is 7.25. The van der Waals surface area contributed by atoms with Crippen molar-refractivity contribution in [3.63, 3.8) is 0 Å². The zero-order valence-corrected chi connectivity index (χ0v) is 17.6. The van der Waals surface area contributed by atoms with Gasteiger partial charge in [0.15, 0.2) is 0 Å². The van der Waals surface area contributed by atoms with Crippen molar-refractivity contribution in [3.05, 3.63) is 57.3 Å². The number of thiophene rings is 1. The number of fused-ring (bicyclic) bond motifs is 1. The normalized spacial score (nSPS) is 11.0. The van der Waals surface area contributed by atoms with Gasteiger partial charge >= 0.3 is 0 Å². The van der Waals surface area contributed by atoms with Gasteiger partial charge < -0.3 is 19.6 Å². The van der Waals surface area contributed by atoms with Crippen molar-refractivity contribution in [1.29, 1.82) is 0 Å². The Morgan fingerprint density at radius 1 is 1.17 bits per heavy atom. The van der Waals surface area contributed by atoms with E-state index in [4.69, 9.17) is 8.94 Å². The number of pyridine rings is 1. The fraction of sp³-hybridized carbons (Fsp3) is 0.238. The maximum atomic E-state index is 12.9. The van der Waals surface area contributed by atoms with Crippen molar-refractivity contribution in [3.8, 4) is 11.3 Å². The minimum absolute atomic E-state index is 0.167. The molecular weight excluding hydrogens is 404 g/mol. The number of hydrogen-bond donors (Lipinski definition) is 2. The molecule has 0 aromatic carbocycles. The van der Waals surface area contributed by atoms with Crippen LogP contribution < -0.4 is 10.6 Å². The highest BCUT2D eigenvalue weighted by atomic mass is 32.1. The van der Waals surface area contributed by atoms with Crippen LogP contribution in [-0.2, 0) is 11.3 Å². The van der Waals surface area contributed by atoms with Crippen LogP contribution >= 0.6 is 11.3 Å². The fourth-order valence-corrected chi connectivity index (χ4v) is 4.15. The van der Waals surface area contributed by atoms with E-state index in [1.165, 1.54) is 6.26 Å². The summed E-state index contributed by atoms with van der Waals surface area (Å²) < 4.78 is 10.5. The zero-order valence-electron chi connectivity index (χ0n) is 16.7. The maximum Gasteiger partial charge on any atom is 0.259 e. The Hall–Kier alpha value is -3.46. The average molecular weight is 424 g/mol. The first kappa shape index (κ1) is 19.8. The molecule has 4 heterocycles. The molecule has 0 saturated carbocycles. The molecule has 0 aliphatic heterocycles. The number of amides is 2. The van der Waals surface area contributed by atoms with Crippen LogP contribution in [0.3, 0.4) is 0 Å². The van der Waals surface area contributed by atoms with Crippen molar-refractivity contribution in [2.75, 3.05) is 6.54 Å². The third-order valence-corrected chi connectivity index (χ3v) is 5.59. The van der Waals surface area contributed by atoms with Gasteiger partial charge in [0.2, 0.25) is 5.91 Å². The van der Waals surface area contributed by atoms with Crippen molar-refractivity contribution in [2.45, 2.75) is 27.3 Å². The second kappa shape index (κ2) is 8.11. The first-order valence-electron chi connectivity index (χ1n) is 9.34. The summed E-state index contributed by atoms with van der Waals surface area (Å²) in [6.07, 6.45) is 1.54. The second-order valence-electron chi connectivity index (χ2n) is 6.87. The van der Waals surface area contributed by atoms with Crippen molar-refractivity contribution in [1.82, 2.24) is 20.8 Å². The number of carbonyl (C=O) groups excluding carboxylic acids is 2. The molecule has 8 nitrogen and oxygen atoms in total. The first-order valence-corrected chi connectivity index (χ1v) is 10.2. The molecule has 154 valence electrons. The molecule has 0 aliphatic carbocycles. The van der Waals surface area contributed by atoms with Crippen LogP contribution in [0.1, 0.15) is 31.6 Å². The van der Waals surface area contributed by atoms with Crippen LogP contribution in [0.4, 0.5) is 0 Å². The molecule has 0 spiro atoms. The van der Waals surface area contributed by atoms with Crippen LogP contribution in [0, 0.1) is 20.8 Å². The van der Waals surface area contributed by atoms with Gasteiger partial charge in [-0.25, -0.2) is 4.98 Å². The number of aromatic nitrogens is 2. The lowest BCUT2D eigenvalue weighted by atomic mass is 10.1. The second-order valence-corrected chi connectivity index (χ2v) is 8.33. The Balaban J connectivity index is 1.56. The topological polar surface area (TPSA) is 110 Å². The lowest BCUT2D eigenvalue weighted by Crippen LogP contribution is -2.36. The quantitative estimate of drug-likeness (QED) is 0.490. The molecule has 0 saturated heterocycles. The number of hydrogen-bond acceptors (Lipinski definition) is 7. The highest BCUT2D eigenvalue weighted by Crippen LogP contribution is 2.32. The SMILES string of the molecule is Cc1cc(-c2cc(C(=O)NCC(=O)NCc3ccco3)c3c(C)noc3n2)c(C)s1. The standard InChI is InChI=1S/C21H20N4O4S/c1-11-7-15(13(3)30-11)17-8-16(19-12(2)25-29-21(19)24-17)20(27)23-10-18(26)22-9-14-5-4-6-28-14/h4-8H,9-10H2,1-3H3,(H,22,26)(H,23,27). The van der Waals surface area contributed by atoms with E-state index in [2.05, 4.69) is 20.8 Å². The third-order valence-electron chi connectivity index (χ3n) is 4.63. The maximum absolute atomic E-state index is 12.9.